The van der Waals surface area contributed by atoms with Crippen LogP contribution < -0.4 is 5.32 Å². The molecule has 0 heterocycles. The lowest BCUT2D eigenvalue weighted by Crippen LogP contribution is -2.23. The normalized spacial score (nSPS) is 12.2. The van der Waals surface area contributed by atoms with Crippen LogP contribution in [-0.4, -0.2) is 12.1 Å². The van der Waals surface area contributed by atoms with E-state index in [0.29, 0.717) is 5.69 Å². The molecule has 0 bridgehead atoms. The molecular formula is C10H12FNO. The lowest BCUT2D eigenvalue weighted by atomic mass is 10.2. The molecule has 0 radical (unpaired) electrons. The van der Waals surface area contributed by atoms with Gasteiger partial charge in [0.25, 0.3) is 5.91 Å². The summed E-state index contributed by atoms with van der Waals surface area (Å²) in [5.41, 5.74) is 0.628. The third-order valence-electron chi connectivity index (χ3n) is 1.68. The number of nitrogens with one attached hydrogen (secondary N) is 1. The van der Waals surface area contributed by atoms with E-state index in [1.165, 1.54) is 0 Å². The van der Waals surface area contributed by atoms with Gasteiger partial charge in [-0.15, -0.1) is 0 Å². The summed E-state index contributed by atoms with van der Waals surface area (Å²) in [6.45, 7) is 1.63. The largest absolute Gasteiger partial charge is 0.324 e. The van der Waals surface area contributed by atoms with Crippen molar-refractivity contribution >= 4 is 11.6 Å². The van der Waals surface area contributed by atoms with E-state index >= 15 is 0 Å². The molecule has 1 unspecified atom stereocenters. The van der Waals surface area contributed by atoms with Gasteiger partial charge in [-0.05, 0) is 18.6 Å². The van der Waals surface area contributed by atoms with Crippen LogP contribution in [0.15, 0.2) is 30.3 Å². The minimum absolute atomic E-state index is 0.207. The zero-order valence-electron chi connectivity index (χ0n) is 7.46. The summed E-state index contributed by atoms with van der Waals surface area (Å²) in [6, 6.07) is 8.85. The number of anilines is 1. The van der Waals surface area contributed by atoms with Crippen molar-refractivity contribution in [2.75, 3.05) is 5.32 Å². The zero-order valence-corrected chi connectivity index (χ0v) is 7.46. The van der Waals surface area contributed by atoms with E-state index in [1.807, 2.05) is 6.07 Å². The van der Waals surface area contributed by atoms with Gasteiger partial charge < -0.3 is 5.32 Å². The molecule has 0 aliphatic rings. The van der Waals surface area contributed by atoms with Gasteiger partial charge in [-0.2, -0.15) is 0 Å². The number of halogens is 1. The number of hydrogen-bond donors (Lipinski definition) is 1. The molecule has 0 aliphatic carbocycles. The van der Waals surface area contributed by atoms with Crippen LogP contribution in [0.25, 0.3) is 0 Å². The van der Waals surface area contributed by atoms with Crippen LogP contribution in [0.3, 0.4) is 0 Å². The molecule has 3 heteroatoms. The fraction of sp³-hybridized carbons (Fsp3) is 0.300. The van der Waals surface area contributed by atoms with Gasteiger partial charge in [0.15, 0.2) is 6.17 Å². The first-order valence-corrected chi connectivity index (χ1v) is 4.24. The van der Waals surface area contributed by atoms with Gasteiger partial charge in [-0.25, -0.2) is 4.39 Å². The molecule has 0 saturated carbocycles. The van der Waals surface area contributed by atoms with E-state index in [1.54, 1.807) is 31.2 Å². The average Bonchev–Trinajstić information content (AvgIpc) is 2.18. The number of amides is 1. The van der Waals surface area contributed by atoms with Gasteiger partial charge in [0.05, 0.1) is 0 Å². The first-order chi connectivity index (χ1) is 6.24. The molecule has 0 spiro atoms. The quantitative estimate of drug-likeness (QED) is 0.762. The summed E-state index contributed by atoms with van der Waals surface area (Å²) in [7, 11) is 0. The van der Waals surface area contributed by atoms with Crippen molar-refractivity contribution in [3.05, 3.63) is 30.3 Å². The summed E-state index contributed by atoms with van der Waals surface area (Å²) in [4.78, 5) is 11.1. The van der Waals surface area contributed by atoms with Gasteiger partial charge in [0.1, 0.15) is 0 Å². The monoisotopic (exact) mass is 181 g/mol. The Hall–Kier alpha value is -1.38. The highest BCUT2D eigenvalue weighted by Gasteiger charge is 2.13. The topological polar surface area (TPSA) is 29.1 Å². The number of para-hydroxylation sites is 1. The molecule has 1 rings (SSSR count). The SMILES string of the molecule is CCC(F)C(=O)Nc1ccccc1. The lowest BCUT2D eigenvalue weighted by molar-refractivity contribution is -0.120. The minimum Gasteiger partial charge on any atom is -0.324 e. The Morgan fingerprint density at radius 2 is 2.08 bits per heavy atom. The van der Waals surface area contributed by atoms with E-state index in [2.05, 4.69) is 5.32 Å². The Bertz CT molecular complexity index is 274. The molecule has 0 aliphatic heterocycles. The highest BCUT2D eigenvalue weighted by atomic mass is 19.1. The summed E-state index contributed by atoms with van der Waals surface area (Å²) >= 11 is 0. The number of hydrogen-bond acceptors (Lipinski definition) is 1. The Morgan fingerprint density at radius 3 is 2.62 bits per heavy atom. The molecule has 1 aromatic carbocycles. The molecule has 1 atom stereocenters. The van der Waals surface area contributed by atoms with Crippen molar-refractivity contribution < 1.29 is 9.18 Å². The van der Waals surface area contributed by atoms with Gasteiger partial charge in [-0.1, -0.05) is 25.1 Å². The Labute approximate surface area is 76.8 Å². The van der Waals surface area contributed by atoms with Crippen LogP contribution in [-0.2, 0) is 4.79 Å². The average molecular weight is 181 g/mol. The van der Waals surface area contributed by atoms with E-state index < -0.39 is 12.1 Å². The molecule has 1 aromatic rings. The van der Waals surface area contributed by atoms with E-state index in [4.69, 9.17) is 0 Å². The Kier molecular flexibility index (Phi) is 3.43. The third kappa shape index (κ3) is 2.86. The van der Waals surface area contributed by atoms with Crippen LogP contribution in [0.2, 0.25) is 0 Å². The predicted octanol–water partition coefficient (Wildman–Crippen LogP) is 2.37. The number of benzene rings is 1. The molecule has 0 fully saturated rings. The van der Waals surface area contributed by atoms with E-state index in [0.717, 1.165) is 0 Å². The Morgan fingerprint density at radius 1 is 1.46 bits per heavy atom. The number of carbonyl (C=O) groups is 1. The maximum absolute atomic E-state index is 12.8. The highest BCUT2D eigenvalue weighted by Crippen LogP contribution is 2.07. The maximum atomic E-state index is 12.8. The molecule has 1 N–H and O–H groups in total. The fourth-order valence-electron chi connectivity index (χ4n) is 0.927. The summed E-state index contributed by atoms with van der Waals surface area (Å²) in [6.07, 6.45) is -1.21. The molecular weight excluding hydrogens is 169 g/mol. The van der Waals surface area contributed by atoms with Crippen LogP contribution in [0, 0.1) is 0 Å². The molecule has 1 amide bonds. The van der Waals surface area contributed by atoms with Crippen molar-refractivity contribution in [2.24, 2.45) is 0 Å². The minimum atomic E-state index is -1.42. The van der Waals surface area contributed by atoms with E-state index in [9.17, 15) is 9.18 Å². The van der Waals surface area contributed by atoms with Crippen molar-refractivity contribution in [3.8, 4) is 0 Å². The van der Waals surface area contributed by atoms with Crippen molar-refractivity contribution in [2.45, 2.75) is 19.5 Å². The second-order valence-corrected chi connectivity index (χ2v) is 2.73. The first-order valence-electron chi connectivity index (χ1n) is 4.24. The fourth-order valence-corrected chi connectivity index (χ4v) is 0.927. The van der Waals surface area contributed by atoms with Gasteiger partial charge >= 0.3 is 0 Å². The number of alkyl halides is 1. The van der Waals surface area contributed by atoms with Crippen LogP contribution in [0.5, 0.6) is 0 Å². The van der Waals surface area contributed by atoms with Crippen LogP contribution in [0.1, 0.15) is 13.3 Å². The maximum Gasteiger partial charge on any atom is 0.258 e. The van der Waals surface area contributed by atoms with Crippen LogP contribution in [0.4, 0.5) is 10.1 Å². The van der Waals surface area contributed by atoms with Gasteiger partial charge in [-0.3, -0.25) is 4.79 Å². The number of carbonyl (C=O) groups excluding carboxylic acids is 1. The molecule has 13 heavy (non-hydrogen) atoms. The zero-order chi connectivity index (χ0) is 9.68. The summed E-state index contributed by atoms with van der Waals surface area (Å²) in [5, 5.41) is 2.48. The Balaban J connectivity index is 2.55. The first kappa shape index (κ1) is 9.71. The van der Waals surface area contributed by atoms with Crippen molar-refractivity contribution in [3.63, 3.8) is 0 Å². The van der Waals surface area contributed by atoms with E-state index in [-0.39, 0.29) is 6.42 Å². The second kappa shape index (κ2) is 4.60. The highest BCUT2D eigenvalue weighted by molar-refractivity contribution is 5.93. The second-order valence-electron chi connectivity index (χ2n) is 2.73. The number of rotatable bonds is 3. The lowest BCUT2D eigenvalue weighted by Gasteiger charge is -2.06. The standard InChI is InChI=1S/C10H12FNO/c1-2-9(11)10(13)12-8-6-4-3-5-7-8/h3-7,9H,2H2,1H3,(H,12,13). The molecule has 0 aromatic heterocycles. The van der Waals surface area contributed by atoms with Crippen LogP contribution >= 0.6 is 0 Å². The van der Waals surface area contributed by atoms with Gasteiger partial charge in [0.2, 0.25) is 0 Å². The van der Waals surface area contributed by atoms with Gasteiger partial charge in [0, 0.05) is 5.69 Å². The molecule has 0 saturated heterocycles. The van der Waals surface area contributed by atoms with Crippen molar-refractivity contribution in [1.82, 2.24) is 0 Å². The smallest absolute Gasteiger partial charge is 0.258 e. The summed E-state index contributed by atoms with van der Waals surface area (Å²) in [5.74, 6) is -0.575. The molecule has 70 valence electrons. The summed E-state index contributed by atoms with van der Waals surface area (Å²) < 4.78 is 12.8. The predicted molar refractivity (Wildman–Crippen MR) is 50.3 cm³/mol. The molecule has 2 nitrogen and oxygen atoms in total. The van der Waals surface area contributed by atoms with Crippen molar-refractivity contribution in [1.29, 1.82) is 0 Å². The third-order valence-corrected chi connectivity index (χ3v) is 1.68.